The van der Waals surface area contributed by atoms with Gasteiger partial charge in [-0.3, -0.25) is 4.79 Å². The van der Waals surface area contributed by atoms with Crippen molar-refractivity contribution in [2.75, 3.05) is 11.4 Å². The molecule has 17 heavy (non-hydrogen) atoms. The summed E-state index contributed by atoms with van der Waals surface area (Å²) in [7, 11) is 0. The van der Waals surface area contributed by atoms with Gasteiger partial charge in [0.15, 0.2) is 0 Å². The molecule has 1 saturated heterocycles. The van der Waals surface area contributed by atoms with Gasteiger partial charge in [-0.2, -0.15) is 0 Å². The molecule has 1 aromatic carbocycles. The molecule has 92 valence electrons. The predicted octanol–water partition coefficient (Wildman–Crippen LogP) is 3.20. The lowest BCUT2D eigenvalue weighted by Gasteiger charge is -2.34. The van der Waals surface area contributed by atoms with Gasteiger partial charge in [-0.25, -0.2) is 0 Å². The SMILES string of the molecule is CCCc1ccc(N2CCC(=O)CC2C)cc1. The summed E-state index contributed by atoms with van der Waals surface area (Å²) in [5, 5.41) is 0. The highest BCUT2D eigenvalue weighted by atomic mass is 16.1. The Morgan fingerprint density at radius 3 is 2.59 bits per heavy atom. The smallest absolute Gasteiger partial charge is 0.136 e. The minimum atomic E-state index is 0.341. The second-order valence-electron chi connectivity index (χ2n) is 4.95. The van der Waals surface area contributed by atoms with E-state index in [4.69, 9.17) is 0 Å². The largest absolute Gasteiger partial charge is 0.368 e. The van der Waals surface area contributed by atoms with Crippen molar-refractivity contribution in [2.24, 2.45) is 0 Å². The molecular weight excluding hydrogens is 210 g/mol. The molecule has 0 spiro atoms. The molecule has 0 radical (unpaired) electrons. The first-order chi connectivity index (χ1) is 8.20. The van der Waals surface area contributed by atoms with Crippen LogP contribution in [-0.4, -0.2) is 18.4 Å². The zero-order chi connectivity index (χ0) is 12.3. The topological polar surface area (TPSA) is 20.3 Å². The Hall–Kier alpha value is -1.31. The normalized spacial score (nSPS) is 20.7. The number of benzene rings is 1. The quantitative estimate of drug-likeness (QED) is 0.796. The third-order valence-corrected chi connectivity index (χ3v) is 3.49. The molecule has 0 N–H and O–H groups in total. The molecule has 1 atom stereocenters. The number of carbonyl (C=O) groups excluding carboxylic acids is 1. The van der Waals surface area contributed by atoms with Crippen LogP contribution in [0.25, 0.3) is 0 Å². The number of carbonyl (C=O) groups is 1. The number of hydrogen-bond donors (Lipinski definition) is 0. The fourth-order valence-corrected chi connectivity index (χ4v) is 2.53. The highest BCUT2D eigenvalue weighted by Gasteiger charge is 2.23. The summed E-state index contributed by atoms with van der Waals surface area (Å²) in [4.78, 5) is 13.7. The summed E-state index contributed by atoms with van der Waals surface area (Å²) in [6.07, 6.45) is 3.72. The van der Waals surface area contributed by atoms with Crippen LogP contribution in [0.15, 0.2) is 24.3 Å². The number of piperidine rings is 1. The molecule has 0 bridgehead atoms. The molecule has 0 aromatic heterocycles. The lowest BCUT2D eigenvalue weighted by atomic mass is 10.0. The van der Waals surface area contributed by atoms with Crippen molar-refractivity contribution in [1.29, 1.82) is 0 Å². The molecule has 1 fully saturated rings. The Bertz CT molecular complexity index is 382. The fourth-order valence-electron chi connectivity index (χ4n) is 2.53. The third-order valence-electron chi connectivity index (χ3n) is 3.49. The van der Waals surface area contributed by atoms with Crippen molar-refractivity contribution in [3.63, 3.8) is 0 Å². The monoisotopic (exact) mass is 231 g/mol. The number of nitrogens with zero attached hydrogens (tertiary/aromatic N) is 1. The van der Waals surface area contributed by atoms with Crippen molar-refractivity contribution in [1.82, 2.24) is 0 Å². The number of ketones is 1. The summed E-state index contributed by atoms with van der Waals surface area (Å²) >= 11 is 0. The van der Waals surface area contributed by atoms with E-state index in [0.717, 1.165) is 13.0 Å². The van der Waals surface area contributed by atoms with E-state index in [1.54, 1.807) is 0 Å². The first kappa shape index (κ1) is 12.2. The van der Waals surface area contributed by atoms with E-state index in [-0.39, 0.29) is 0 Å². The Morgan fingerprint density at radius 1 is 1.29 bits per heavy atom. The van der Waals surface area contributed by atoms with Gasteiger partial charge in [0.25, 0.3) is 0 Å². The first-order valence-electron chi connectivity index (χ1n) is 6.58. The summed E-state index contributed by atoms with van der Waals surface area (Å²) in [6.45, 7) is 5.20. The van der Waals surface area contributed by atoms with E-state index in [0.29, 0.717) is 24.7 Å². The molecule has 1 heterocycles. The van der Waals surface area contributed by atoms with Gasteiger partial charge in [-0.05, 0) is 31.0 Å². The fraction of sp³-hybridized carbons (Fsp3) is 0.533. The Morgan fingerprint density at radius 2 is 2.00 bits per heavy atom. The maximum atomic E-state index is 11.4. The summed E-state index contributed by atoms with van der Waals surface area (Å²) in [5.74, 6) is 0.399. The summed E-state index contributed by atoms with van der Waals surface area (Å²) in [6, 6.07) is 9.15. The van der Waals surface area contributed by atoms with Gasteiger partial charge in [-0.1, -0.05) is 25.5 Å². The maximum Gasteiger partial charge on any atom is 0.136 e. The van der Waals surface area contributed by atoms with Crippen LogP contribution in [0, 0.1) is 0 Å². The lowest BCUT2D eigenvalue weighted by molar-refractivity contribution is -0.120. The predicted molar refractivity (Wildman–Crippen MR) is 71.5 cm³/mol. The molecule has 2 rings (SSSR count). The third kappa shape index (κ3) is 2.87. The Balaban J connectivity index is 2.08. The van der Waals surface area contributed by atoms with E-state index in [2.05, 4.69) is 43.0 Å². The van der Waals surface area contributed by atoms with Crippen LogP contribution in [-0.2, 0) is 11.2 Å². The molecule has 1 aliphatic rings. The molecule has 0 saturated carbocycles. The molecule has 1 aromatic rings. The van der Waals surface area contributed by atoms with Gasteiger partial charge >= 0.3 is 0 Å². The van der Waals surface area contributed by atoms with E-state index in [1.165, 1.54) is 17.7 Å². The average Bonchev–Trinajstić information content (AvgIpc) is 2.31. The van der Waals surface area contributed by atoms with Gasteiger partial charge < -0.3 is 4.90 Å². The number of rotatable bonds is 3. The van der Waals surface area contributed by atoms with Crippen LogP contribution in [0.2, 0.25) is 0 Å². The second-order valence-corrected chi connectivity index (χ2v) is 4.95. The van der Waals surface area contributed by atoms with Gasteiger partial charge in [0.1, 0.15) is 5.78 Å². The van der Waals surface area contributed by atoms with Crippen LogP contribution in [0.5, 0.6) is 0 Å². The van der Waals surface area contributed by atoms with Crippen molar-refractivity contribution < 1.29 is 4.79 Å². The van der Waals surface area contributed by atoms with Gasteiger partial charge in [0.05, 0.1) is 0 Å². The van der Waals surface area contributed by atoms with Crippen molar-refractivity contribution in [2.45, 2.75) is 45.6 Å². The number of hydrogen-bond acceptors (Lipinski definition) is 2. The maximum absolute atomic E-state index is 11.4. The number of Topliss-reactive ketones (excluding diaryl/α,β-unsaturated/α-hetero) is 1. The van der Waals surface area contributed by atoms with Gasteiger partial charge in [0, 0.05) is 31.1 Å². The molecule has 2 nitrogen and oxygen atoms in total. The van der Waals surface area contributed by atoms with E-state index >= 15 is 0 Å². The molecule has 1 aliphatic heterocycles. The minimum Gasteiger partial charge on any atom is -0.368 e. The van der Waals surface area contributed by atoms with Crippen molar-refractivity contribution in [3.05, 3.63) is 29.8 Å². The van der Waals surface area contributed by atoms with Crippen LogP contribution in [0.3, 0.4) is 0 Å². The standard InChI is InChI=1S/C15H21NO/c1-3-4-13-5-7-14(8-6-13)16-10-9-15(17)11-12(16)2/h5-8,12H,3-4,9-11H2,1-2H3. The van der Waals surface area contributed by atoms with Crippen molar-refractivity contribution >= 4 is 11.5 Å². The van der Waals surface area contributed by atoms with Gasteiger partial charge in [0.2, 0.25) is 0 Å². The first-order valence-corrected chi connectivity index (χ1v) is 6.58. The summed E-state index contributed by atoms with van der Waals surface area (Å²) < 4.78 is 0. The highest BCUT2D eigenvalue weighted by molar-refractivity contribution is 5.81. The highest BCUT2D eigenvalue weighted by Crippen LogP contribution is 2.23. The molecule has 1 unspecified atom stereocenters. The van der Waals surface area contributed by atoms with Gasteiger partial charge in [-0.15, -0.1) is 0 Å². The van der Waals surface area contributed by atoms with Crippen molar-refractivity contribution in [3.8, 4) is 0 Å². The zero-order valence-corrected chi connectivity index (χ0v) is 10.8. The molecular formula is C15H21NO. The van der Waals surface area contributed by atoms with E-state index in [1.807, 2.05) is 0 Å². The average molecular weight is 231 g/mol. The zero-order valence-electron chi connectivity index (χ0n) is 10.8. The Kier molecular flexibility index (Phi) is 3.82. The van der Waals surface area contributed by atoms with Crippen LogP contribution < -0.4 is 4.90 Å². The minimum absolute atomic E-state index is 0.341. The van der Waals surface area contributed by atoms with E-state index < -0.39 is 0 Å². The van der Waals surface area contributed by atoms with Crippen LogP contribution >= 0.6 is 0 Å². The van der Waals surface area contributed by atoms with E-state index in [9.17, 15) is 4.79 Å². The molecule has 0 amide bonds. The molecule has 2 heteroatoms. The van der Waals surface area contributed by atoms with Crippen LogP contribution in [0.4, 0.5) is 5.69 Å². The number of aryl methyl sites for hydroxylation is 1. The number of anilines is 1. The Labute approximate surface area is 104 Å². The molecule has 0 aliphatic carbocycles. The summed E-state index contributed by atoms with van der Waals surface area (Å²) in [5.41, 5.74) is 2.65. The lowest BCUT2D eigenvalue weighted by Crippen LogP contribution is -2.41. The second kappa shape index (κ2) is 5.35. The van der Waals surface area contributed by atoms with Crippen LogP contribution in [0.1, 0.15) is 38.7 Å².